The highest BCUT2D eigenvalue weighted by Gasteiger charge is 2.37. The number of sulfonamides is 1. The lowest BCUT2D eigenvalue weighted by Crippen LogP contribution is -2.48. The lowest BCUT2D eigenvalue weighted by atomic mass is 10.1. The summed E-state index contributed by atoms with van der Waals surface area (Å²) in [4.78, 5) is 10.3. The highest BCUT2D eigenvalue weighted by molar-refractivity contribution is 7.90. The van der Waals surface area contributed by atoms with Crippen LogP contribution in [-0.4, -0.2) is 49.9 Å². The summed E-state index contributed by atoms with van der Waals surface area (Å²) in [6, 6.07) is 1.72. The van der Waals surface area contributed by atoms with Gasteiger partial charge in [-0.15, -0.1) is 0 Å². The lowest BCUT2D eigenvalue weighted by Gasteiger charge is -2.33. The first kappa shape index (κ1) is 14.5. The molecule has 2 fully saturated rings. The first-order valence-electron chi connectivity index (χ1n) is 7.20. The second-order valence-corrected chi connectivity index (χ2v) is 7.56. The zero-order valence-electron chi connectivity index (χ0n) is 12.0. The van der Waals surface area contributed by atoms with E-state index in [0.717, 1.165) is 38.0 Å². The van der Waals surface area contributed by atoms with Gasteiger partial charge in [-0.05, 0) is 25.7 Å². The molecule has 0 bridgehead atoms. The topological polar surface area (TPSA) is 84.4 Å². The van der Waals surface area contributed by atoms with Crippen LogP contribution in [0.3, 0.4) is 0 Å². The van der Waals surface area contributed by atoms with Crippen LogP contribution in [0.5, 0.6) is 5.88 Å². The van der Waals surface area contributed by atoms with Crippen molar-refractivity contribution in [2.45, 2.75) is 37.0 Å². The first-order chi connectivity index (χ1) is 10.1. The Balaban J connectivity index is 1.67. The van der Waals surface area contributed by atoms with Crippen LogP contribution in [0.25, 0.3) is 0 Å². The predicted molar refractivity (Wildman–Crippen MR) is 78.9 cm³/mol. The number of nitrogens with zero attached hydrogens (tertiary/aromatic N) is 3. The fraction of sp³-hybridized carbons (Fsp3) is 0.692. The van der Waals surface area contributed by atoms with E-state index in [0.29, 0.717) is 12.4 Å². The number of rotatable bonds is 5. The van der Waals surface area contributed by atoms with Gasteiger partial charge in [0.25, 0.3) is 0 Å². The van der Waals surface area contributed by atoms with Gasteiger partial charge in [-0.1, -0.05) is 0 Å². The van der Waals surface area contributed by atoms with Crippen LogP contribution in [0.1, 0.15) is 25.7 Å². The van der Waals surface area contributed by atoms with Crippen LogP contribution >= 0.6 is 0 Å². The Labute approximate surface area is 124 Å². The van der Waals surface area contributed by atoms with E-state index in [2.05, 4.69) is 19.6 Å². The molecule has 1 aromatic heterocycles. The van der Waals surface area contributed by atoms with Gasteiger partial charge in [0.05, 0.1) is 12.4 Å². The molecule has 1 N–H and O–H groups in total. The Bertz CT molecular complexity index is 603. The summed E-state index contributed by atoms with van der Waals surface area (Å²) in [5.74, 6) is 1.29. The van der Waals surface area contributed by atoms with Crippen LogP contribution in [0.15, 0.2) is 12.4 Å². The van der Waals surface area contributed by atoms with E-state index in [1.807, 2.05) is 0 Å². The molecule has 116 valence electrons. The van der Waals surface area contributed by atoms with E-state index >= 15 is 0 Å². The fourth-order valence-electron chi connectivity index (χ4n) is 2.60. The average molecular weight is 312 g/mol. The van der Waals surface area contributed by atoms with Gasteiger partial charge in [0, 0.05) is 25.2 Å². The third-order valence-electron chi connectivity index (χ3n) is 3.88. The summed E-state index contributed by atoms with van der Waals surface area (Å²) >= 11 is 0. The molecule has 0 aromatic carbocycles. The van der Waals surface area contributed by atoms with Crippen LogP contribution in [0.4, 0.5) is 5.82 Å². The predicted octanol–water partition coefficient (Wildman–Crippen LogP) is 0.536. The quantitative estimate of drug-likeness (QED) is 0.854. The van der Waals surface area contributed by atoms with E-state index in [-0.39, 0.29) is 11.3 Å². The molecule has 0 radical (unpaired) electrons. The van der Waals surface area contributed by atoms with Crippen molar-refractivity contribution in [3.05, 3.63) is 12.4 Å². The van der Waals surface area contributed by atoms with Crippen molar-refractivity contribution < 1.29 is 13.2 Å². The summed E-state index contributed by atoms with van der Waals surface area (Å²) in [6.45, 7) is 1.49. The summed E-state index contributed by atoms with van der Waals surface area (Å²) in [5.41, 5.74) is 0. The Morgan fingerprint density at radius 1 is 1.33 bits per heavy atom. The standard InChI is InChI=1S/C13H20N4O3S/c1-20-13-7-12(14-9-15-13)17-6-2-3-10(8-17)16-21(18,19)11-4-5-11/h7,9-11,16H,2-6,8H2,1H3. The Morgan fingerprint density at radius 2 is 2.14 bits per heavy atom. The molecule has 1 saturated carbocycles. The number of methoxy groups -OCH3 is 1. The molecule has 8 heteroatoms. The smallest absolute Gasteiger partial charge is 0.218 e. The minimum atomic E-state index is -3.14. The lowest BCUT2D eigenvalue weighted by molar-refractivity contribution is 0.396. The summed E-state index contributed by atoms with van der Waals surface area (Å²) in [6.07, 6.45) is 4.84. The molecule has 2 aliphatic rings. The van der Waals surface area contributed by atoms with Crippen molar-refractivity contribution in [3.63, 3.8) is 0 Å². The summed E-state index contributed by atoms with van der Waals surface area (Å²) < 4.78 is 32.0. The van der Waals surface area contributed by atoms with Crippen LogP contribution in [0, 0.1) is 0 Å². The SMILES string of the molecule is COc1cc(N2CCCC(NS(=O)(=O)C3CC3)C2)ncn1. The minimum absolute atomic E-state index is 0.0506. The van der Waals surface area contributed by atoms with Gasteiger partial charge in [-0.2, -0.15) is 0 Å². The molecule has 0 spiro atoms. The molecule has 1 unspecified atom stereocenters. The normalized spacial score (nSPS) is 23.1. The maximum absolute atomic E-state index is 12.0. The number of hydrogen-bond donors (Lipinski definition) is 1. The van der Waals surface area contributed by atoms with Crippen LogP contribution in [0.2, 0.25) is 0 Å². The molecule has 1 atom stereocenters. The molecule has 7 nitrogen and oxygen atoms in total. The number of aromatic nitrogens is 2. The van der Waals surface area contributed by atoms with Gasteiger partial charge in [-0.3, -0.25) is 0 Å². The fourth-order valence-corrected chi connectivity index (χ4v) is 4.21. The van der Waals surface area contributed by atoms with E-state index in [1.165, 1.54) is 6.33 Å². The minimum Gasteiger partial charge on any atom is -0.481 e. The molecule has 1 aromatic rings. The van der Waals surface area contributed by atoms with Crippen LogP contribution < -0.4 is 14.4 Å². The Morgan fingerprint density at radius 3 is 2.86 bits per heavy atom. The molecule has 1 aliphatic carbocycles. The number of piperidine rings is 1. The van der Waals surface area contributed by atoms with E-state index in [4.69, 9.17) is 4.74 Å². The van der Waals surface area contributed by atoms with Gasteiger partial charge in [0.15, 0.2) is 0 Å². The molecule has 3 rings (SSSR count). The van der Waals surface area contributed by atoms with Gasteiger partial charge < -0.3 is 9.64 Å². The monoisotopic (exact) mass is 312 g/mol. The molecular formula is C13H20N4O3S. The highest BCUT2D eigenvalue weighted by atomic mass is 32.2. The van der Waals surface area contributed by atoms with E-state index in [9.17, 15) is 8.42 Å². The maximum atomic E-state index is 12.0. The van der Waals surface area contributed by atoms with Crippen molar-refractivity contribution in [2.75, 3.05) is 25.1 Å². The third kappa shape index (κ3) is 3.44. The van der Waals surface area contributed by atoms with Gasteiger partial charge in [0.2, 0.25) is 15.9 Å². The second-order valence-electron chi connectivity index (χ2n) is 5.57. The van der Waals surface area contributed by atoms with Crippen molar-refractivity contribution in [2.24, 2.45) is 0 Å². The average Bonchev–Trinajstić information content (AvgIpc) is 3.32. The number of nitrogens with one attached hydrogen (secondary N) is 1. The van der Waals surface area contributed by atoms with Crippen molar-refractivity contribution in [3.8, 4) is 5.88 Å². The van der Waals surface area contributed by atoms with E-state index < -0.39 is 10.0 Å². The van der Waals surface area contributed by atoms with Crippen LogP contribution in [-0.2, 0) is 10.0 Å². The van der Waals surface area contributed by atoms with Gasteiger partial charge in [0.1, 0.15) is 12.1 Å². The van der Waals surface area contributed by atoms with Crippen molar-refractivity contribution in [1.29, 1.82) is 0 Å². The molecule has 1 aliphatic heterocycles. The van der Waals surface area contributed by atoms with Crippen molar-refractivity contribution in [1.82, 2.24) is 14.7 Å². The van der Waals surface area contributed by atoms with Gasteiger partial charge in [-0.25, -0.2) is 23.1 Å². The summed E-state index contributed by atoms with van der Waals surface area (Å²) in [7, 11) is -1.57. The maximum Gasteiger partial charge on any atom is 0.218 e. The zero-order valence-corrected chi connectivity index (χ0v) is 12.8. The van der Waals surface area contributed by atoms with E-state index in [1.54, 1.807) is 13.2 Å². The number of hydrogen-bond acceptors (Lipinski definition) is 6. The molecule has 1 saturated heterocycles. The molecule has 0 amide bonds. The van der Waals surface area contributed by atoms with Gasteiger partial charge >= 0.3 is 0 Å². The molecular weight excluding hydrogens is 292 g/mol. The number of ether oxygens (including phenoxy) is 1. The first-order valence-corrected chi connectivity index (χ1v) is 8.75. The molecule has 2 heterocycles. The second kappa shape index (κ2) is 5.76. The number of anilines is 1. The summed E-state index contributed by atoms with van der Waals surface area (Å²) in [5, 5.41) is -0.174. The largest absolute Gasteiger partial charge is 0.481 e. The zero-order chi connectivity index (χ0) is 14.9. The highest BCUT2D eigenvalue weighted by Crippen LogP contribution is 2.28. The Hall–Kier alpha value is -1.41. The third-order valence-corrected chi connectivity index (χ3v) is 5.89. The molecule has 21 heavy (non-hydrogen) atoms. The van der Waals surface area contributed by atoms with Crippen molar-refractivity contribution >= 4 is 15.8 Å². The Kier molecular flexibility index (Phi) is 3.99.